The molecule has 130 valence electrons. The Morgan fingerprint density at radius 3 is 2.30 bits per heavy atom. The van der Waals surface area contributed by atoms with Crippen LogP contribution in [0.5, 0.6) is 0 Å². The molecule has 1 heterocycles. The van der Waals surface area contributed by atoms with Gasteiger partial charge in [-0.3, -0.25) is 9.59 Å². The van der Waals surface area contributed by atoms with Crippen LogP contribution in [-0.4, -0.2) is 49.1 Å². The summed E-state index contributed by atoms with van der Waals surface area (Å²) in [5, 5.41) is 8.76. The van der Waals surface area contributed by atoms with Crippen molar-refractivity contribution in [1.29, 1.82) is 0 Å². The molecule has 7 heteroatoms. The Kier molecular flexibility index (Phi) is 5.62. The van der Waals surface area contributed by atoms with E-state index in [1.165, 1.54) is 7.11 Å². The molecule has 2 bridgehead atoms. The minimum absolute atomic E-state index is 0.0811. The number of rotatable bonds is 6. The predicted molar refractivity (Wildman–Crippen MR) is 84.4 cm³/mol. The Labute approximate surface area is 136 Å². The SMILES string of the molecule is COC(=O)[C@H](C)NC(=O)[C@@H](NC(=O)[C@H]1N[C@@H]2CC[C@H]1C2)C(C)C. The molecule has 2 amide bonds. The first-order valence-electron chi connectivity index (χ1n) is 8.28. The van der Waals surface area contributed by atoms with Crippen LogP contribution in [-0.2, 0) is 19.1 Å². The summed E-state index contributed by atoms with van der Waals surface area (Å²) in [6.07, 6.45) is 3.23. The molecular weight excluding hydrogens is 298 g/mol. The van der Waals surface area contributed by atoms with Gasteiger partial charge in [-0.05, 0) is 38.0 Å². The van der Waals surface area contributed by atoms with E-state index in [2.05, 4.69) is 20.7 Å². The van der Waals surface area contributed by atoms with Crippen LogP contribution in [0.1, 0.15) is 40.0 Å². The topological polar surface area (TPSA) is 96.5 Å². The van der Waals surface area contributed by atoms with E-state index in [4.69, 9.17) is 0 Å². The maximum atomic E-state index is 12.5. The molecule has 0 aromatic rings. The molecule has 0 unspecified atom stereocenters. The number of methoxy groups -OCH3 is 1. The molecule has 0 radical (unpaired) electrons. The summed E-state index contributed by atoms with van der Waals surface area (Å²) in [6.45, 7) is 5.28. The summed E-state index contributed by atoms with van der Waals surface area (Å²) in [5.41, 5.74) is 0. The number of ether oxygens (including phenoxy) is 1. The smallest absolute Gasteiger partial charge is 0.328 e. The first kappa shape index (κ1) is 17.7. The number of piperidine rings is 1. The number of carbonyl (C=O) groups excluding carboxylic acids is 3. The molecule has 2 fully saturated rings. The number of esters is 1. The summed E-state index contributed by atoms with van der Waals surface area (Å²) in [6, 6.07) is -1.19. The van der Waals surface area contributed by atoms with Crippen molar-refractivity contribution in [2.24, 2.45) is 11.8 Å². The first-order chi connectivity index (χ1) is 10.8. The summed E-state index contributed by atoms with van der Waals surface area (Å²) < 4.78 is 4.60. The van der Waals surface area contributed by atoms with E-state index in [9.17, 15) is 14.4 Å². The average molecular weight is 325 g/mol. The Morgan fingerprint density at radius 2 is 1.83 bits per heavy atom. The Bertz CT molecular complexity index is 480. The number of nitrogens with one attached hydrogen (secondary N) is 3. The Balaban J connectivity index is 1.94. The molecule has 1 saturated heterocycles. The van der Waals surface area contributed by atoms with Crippen LogP contribution < -0.4 is 16.0 Å². The van der Waals surface area contributed by atoms with Crippen LogP contribution in [0.4, 0.5) is 0 Å². The minimum Gasteiger partial charge on any atom is -0.467 e. The van der Waals surface area contributed by atoms with Crippen LogP contribution in [0, 0.1) is 11.8 Å². The minimum atomic E-state index is -0.744. The second-order valence-electron chi connectivity index (χ2n) is 6.90. The summed E-state index contributed by atoms with van der Waals surface area (Å²) >= 11 is 0. The van der Waals surface area contributed by atoms with E-state index in [0.29, 0.717) is 12.0 Å². The van der Waals surface area contributed by atoms with Gasteiger partial charge >= 0.3 is 5.97 Å². The van der Waals surface area contributed by atoms with Crippen LogP contribution in [0.25, 0.3) is 0 Å². The van der Waals surface area contributed by atoms with Gasteiger partial charge in [-0.1, -0.05) is 13.8 Å². The van der Waals surface area contributed by atoms with Crippen molar-refractivity contribution in [2.45, 2.75) is 64.2 Å². The van der Waals surface area contributed by atoms with Crippen molar-refractivity contribution >= 4 is 17.8 Å². The van der Waals surface area contributed by atoms with Crippen molar-refractivity contribution in [3.63, 3.8) is 0 Å². The van der Waals surface area contributed by atoms with Crippen LogP contribution in [0.15, 0.2) is 0 Å². The van der Waals surface area contributed by atoms with E-state index in [0.717, 1.165) is 19.3 Å². The number of fused-ring (bicyclic) bond motifs is 2. The lowest BCUT2D eigenvalue weighted by Crippen LogP contribution is -2.57. The van der Waals surface area contributed by atoms with Crippen molar-refractivity contribution in [2.75, 3.05) is 7.11 Å². The maximum absolute atomic E-state index is 12.5. The van der Waals surface area contributed by atoms with E-state index < -0.39 is 18.1 Å². The molecular formula is C16H27N3O4. The number of hydrogen-bond acceptors (Lipinski definition) is 5. The summed E-state index contributed by atoms with van der Waals surface area (Å²) in [4.78, 5) is 36.3. The standard InChI is InChI=1S/C16H27N3O4/c1-8(2)12(14(20)17-9(3)16(22)23-4)19-15(21)13-10-5-6-11(7-10)18-13/h8-13,18H,5-7H2,1-4H3,(H,17,20)(H,19,21)/t9-,10-,11+,12-,13-/m0/s1. The molecule has 2 aliphatic rings. The molecule has 1 saturated carbocycles. The zero-order valence-corrected chi connectivity index (χ0v) is 14.2. The zero-order chi connectivity index (χ0) is 17.1. The normalized spacial score (nSPS) is 28.3. The van der Waals surface area contributed by atoms with Gasteiger partial charge in [0.2, 0.25) is 11.8 Å². The third kappa shape index (κ3) is 4.02. The maximum Gasteiger partial charge on any atom is 0.328 e. The highest BCUT2D eigenvalue weighted by atomic mass is 16.5. The molecule has 1 aliphatic heterocycles. The molecule has 7 nitrogen and oxygen atoms in total. The number of amides is 2. The first-order valence-corrected chi connectivity index (χ1v) is 8.28. The second-order valence-corrected chi connectivity index (χ2v) is 6.90. The lowest BCUT2D eigenvalue weighted by molar-refractivity contribution is -0.145. The third-order valence-electron chi connectivity index (χ3n) is 4.80. The van der Waals surface area contributed by atoms with Gasteiger partial charge in [0, 0.05) is 6.04 Å². The molecule has 0 aromatic heterocycles. The van der Waals surface area contributed by atoms with Crippen molar-refractivity contribution < 1.29 is 19.1 Å². The fraction of sp³-hybridized carbons (Fsp3) is 0.812. The van der Waals surface area contributed by atoms with E-state index in [1.807, 2.05) is 13.8 Å². The molecule has 23 heavy (non-hydrogen) atoms. The quantitative estimate of drug-likeness (QED) is 0.595. The average Bonchev–Trinajstić information content (AvgIpc) is 3.13. The largest absolute Gasteiger partial charge is 0.467 e. The van der Waals surface area contributed by atoms with Crippen LogP contribution in [0.2, 0.25) is 0 Å². The van der Waals surface area contributed by atoms with Gasteiger partial charge in [0.15, 0.2) is 0 Å². The highest BCUT2D eigenvalue weighted by Gasteiger charge is 2.43. The van der Waals surface area contributed by atoms with Gasteiger partial charge in [-0.15, -0.1) is 0 Å². The summed E-state index contributed by atoms with van der Waals surface area (Å²) in [7, 11) is 1.27. The van der Waals surface area contributed by atoms with Gasteiger partial charge in [0.1, 0.15) is 12.1 Å². The van der Waals surface area contributed by atoms with Gasteiger partial charge in [0.05, 0.1) is 13.2 Å². The lowest BCUT2D eigenvalue weighted by Gasteiger charge is -2.27. The van der Waals surface area contributed by atoms with E-state index in [-0.39, 0.29) is 23.8 Å². The molecule has 2 rings (SSSR count). The fourth-order valence-electron chi connectivity index (χ4n) is 3.47. The highest BCUT2D eigenvalue weighted by Crippen LogP contribution is 2.35. The van der Waals surface area contributed by atoms with Gasteiger partial charge in [0.25, 0.3) is 0 Å². The molecule has 5 atom stereocenters. The zero-order valence-electron chi connectivity index (χ0n) is 14.2. The number of carbonyl (C=O) groups is 3. The Hall–Kier alpha value is -1.63. The van der Waals surface area contributed by atoms with Gasteiger partial charge < -0.3 is 20.7 Å². The van der Waals surface area contributed by atoms with Crippen molar-refractivity contribution in [3.8, 4) is 0 Å². The van der Waals surface area contributed by atoms with Gasteiger partial charge in [-0.25, -0.2) is 4.79 Å². The van der Waals surface area contributed by atoms with E-state index in [1.54, 1.807) is 6.92 Å². The molecule has 1 aliphatic carbocycles. The second kappa shape index (κ2) is 7.29. The van der Waals surface area contributed by atoms with Crippen LogP contribution >= 0.6 is 0 Å². The van der Waals surface area contributed by atoms with Gasteiger partial charge in [-0.2, -0.15) is 0 Å². The fourth-order valence-corrected chi connectivity index (χ4v) is 3.47. The van der Waals surface area contributed by atoms with Crippen molar-refractivity contribution in [3.05, 3.63) is 0 Å². The molecule has 0 aromatic carbocycles. The third-order valence-corrected chi connectivity index (χ3v) is 4.80. The monoisotopic (exact) mass is 325 g/mol. The van der Waals surface area contributed by atoms with Crippen molar-refractivity contribution in [1.82, 2.24) is 16.0 Å². The lowest BCUT2D eigenvalue weighted by atomic mass is 9.97. The molecule has 0 spiro atoms. The predicted octanol–water partition coefficient (Wildman–Crippen LogP) is -0.0546. The number of hydrogen-bond donors (Lipinski definition) is 3. The molecule has 3 N–H and O–H groups in total. The van der Waals surface area contributed by atoms with E-state index >= 15 is 0 Å². The van der Waals surface area contributed by atoms with Crippen LogP contribution in [0.3, 0.4) is 0 Å². The summed E-state index contributed by atoms with van der Waals surface area (Å²) in [5.74, 6) is -0.722. The Morgan fingerprint density at radius 1 is 1.13 bits per heavy atom. The highest BCUT2D eigenvalue weighted by molar-refractivity contribution is 5.92.